The lowest BCUT2D eigenvalue weighted by molar-refractivity contribution is -0.124. The van der Waals surface area contributed by atoms with Crippen molar-refractivity contribution in [1.82, 2.24) is 5.32 Å². The number of furan rings is 1. The Kier molecular flexibility index (Phi) is 4.55. The summed E-state index contributed by atoms with van der Waals surface area (Å²) in [6.45, 7) is 1.80. The van der Waals surface area contributed by atoms with Crippen LogP contribution in [-0.2, 0) is 16.1 Å². The standard InChI is InChI=1S/C15H15NO4/c1-11-7-8-13(20-11)15(18)19-10-14(17)16-9-12-5-3-2-4-6-12/h2-8H,9-10H2,1H3,(H,16,17). The van der Waals surface area contributed by atoms with E-state index in [4.69, 9.17) is 9.15 Å². The molecule has 0 radical (unpaired) electrons. The fourth-order valence-corrected chi connectivity index (χ4v) is 1.59. The van der Waals surface area contributed by atoms with Crippen LogP contribution in [-0.4, -0.2) is 18.5 Å². The lowest BCUT2D eigenvalue weighted by Crippen LogP contribution is -2.28. The monoisotopic (exact) mass is 273 g/mol. The molecule has 0 aliphatic heterocycles. The Labute approximate surface area is 116 Å². The normalized spacial score (nSPS) is 10.1. The number of amides is 1. The first kappa shape index (κ1) is 13.9. The molecule has 1 aromatic heterocycles. The van der Waals surface area contributed by atoms with E-state index in [2.05, 4.69) is 5.32 Å². The first-order valence-electron chi connectivity index (χ1n) is 6.19. The van der Waals surface area contributed by atoms with Crippen molar-refractivity contribution in [3.05, 3.63) is 59.5 Å². The molecule has 2 rings (SSSR count). The second-order valence-electron chi connectivity index (χ2n) is 4.25. The van der Waals surface area contributed by atoms with Crippen LogP contribution in [0.2, 0.25) is 0 Å². The summed E-state index contributed by atoms with van der Waals surface area (Å²) in [5.41, 5.74) is 0.980. The quantitative estimate of drug-likeness (QED) is 0.847. The lowest BCUT2D eigenvalue weighted by Gasteiger charge is -2.05. The molecule has 0 aliphatic rings. The molecule has 20 heavy (non-hydrogen) atoms. The number of carbonyl (C=O) groups excluding carboxylic acids is 2. The number of benzene rings is 1. The maximum atomic E-state index is 11.5. The second-order valence-corrected chi connectivity index (χ2v) is 4.25. The molecule has 5 nitrogen and oxygen atoms in total. The van der Waals surface area contributed by atoms with Crippen LogP contribution in [0.4, 0.5) is 0 Å². The van der Waals surface area contributed by atoms with Gasteiger partial charge in [0, 0.05) is 6.54 Å². The van der Waals surface area contributed by atoms with E-state index in [1.165, 1.54) is 6.07 Å². The van der Waals surface area contributed by atoms with Crippen molar-refractivity contribution in [2.24, 2.45) is 0 Å². The molecule has 1 heterocycles. The molecule has 0 atom stereocenters. The van der Waals surface area contributed by atoms with Crippen LogP contribution >= 0.6 is 0 Å². The Morgan fingerprint density at radius 3 is 2.55 bits per heavy atom. The largest absolute Gasteiger partial charge is 0.454 e. The molecule has 1 N–H and O–H groups in total. The summed E-state index contributed by atoms with van der Waals surface area (Å²) in [7, 11) is 0. The van der Waals surface area contributed by atoms with Gasteiger partial charge in [0.05, 0.1) is 0 Å². The minimum atomic E-state index is -0.645. The highest BCUT2D eigenvalue weighted by Gasteiger charge is 2.13. The predicted octanol–water partition coefficient (Wildman–Crippen LogP) is 2.06. The molecule has 0 aliphatic carbocycles. The van der Waals surface area contributed by atoms with Gasteiger partial charge in [-0.2, -0.15) is 0 Å². The van der Waals surface area contributed by atoms with Crippen LogP contribution < -0.4 is 5.32 Å². The summed E-state index contributed by atoms with van der Waals surface area (Å²) >= 11 is 0. The van der Waals surface area contributed by atoms with Gasteiger partial charge in [0.2, 0.25) is 5.76 Å². The highest BCUT2D eigenvalue weighted by molar-refractivity contribution is 5.88. The summed E-state index contributed by atoms with van der Waals surface area (Å²) in [4.78, 5) is 23.1. The highest BCUT2D eigenvalue weighted by atomic mass is 16.5. The maximum Gasteiger partial charge on any atom is 0.374 e. The summed E-state index contributed by atoms with van der Waals surface area (Å²) in [6, 6.07) is 12.7. The zero-order valence-corrected chi connectivity index (χ0v) is 11.1. The zero-order valence-electron chi connectivity index (χ0n) is 11.1. The summed E-state index contributed by atoms with van der Waals surface area (Å²) in [6.07, 6.45) is 0. The molecule has 0 unspecified atom stereocenters. The van der Waals surface area contributed by atoms with Crippen molar-refractivity contribution in [2.45, 2.75) is 13.5 Å². The molecule has 2 aromatic rings. The van der Waals surface area contributed by atoms with Gasteiger partial charge in [-0.05, 0) is 24.6 Å². The average molecular weight is 273 g/mol. The molecule has 0 saturated heterocycles. The molecule has 0 spiro atoms. The highest BCUT2D eigenvalue weighted by Crippen LogP contribution is 2.07. The first-order chi connectivity index (χ1) is 9.65. The van der Waals surface area contributed by atoms with Gasteiger partial charge in [0.15, 0.2) is 6.61 Å². The van der Waals surface area contributed by atoms with Gasteiger partial charge >= 0.3 is 5.97 Å². The van der Waals surface area contributed by atoms with Crippen molar-refractivity contribution in [2.75, 3.05) is 6.61 Å². The van der Waals surface area contributed by atoms with Gasteiger partial charge in [0.25, 0.3) is 5.91 Å². The van der Waals surface area contributed by atoms with E-state index in [9.17, 15) is 9.59 Å². The Balaban J connectivity index is 1.74. The number of carbonyl (C=O) groups is 2. The fraction of sp³-hybridized carbons (Fsp3) is 0.200. The number of nitrogens with one attached hydrogen (secondary N) is 1. The lowest BCUT2D eigenvalue weighted by atomic mass is 10.2. The molecule has 5 heteroatoms. The molecular formula is C15H15NO4. The van der Waals surface area contributed by atoms with E-state index in [0.717, 1.165) is 5.56 Å². The minimum absolute atomic E-state index is 0.0957. The van der Waals surface area contributed by atoms with E-state index >= 15 is 0 Å². The minimum Gasteiger partial charge on any atom is -0.454 e. The SMILES string of the molecule is Cc1ccc(C(=O)OCC(=O)NCc2ccccc2)o1. The first-order valence-corrected chi connectivity index (χ1v) is 6.19. The van der Waals surface area contributed by atoms with Crippen molar-refractivity contribution in [3.63, 3.8) is 0 Å². The van der Waals surface area contributed by atoms with Crippen molar-refractivity contribution >= 4 is 11.9 Å². The van der Waals surface area contributed by atoms with Crippen molar-refractivity contribution < 1.29 is 18.7 Å². The van der Waals surface area contributed by atoms with Crippen molar-refractivity contribution in [3.8, 4) is 0 Å². The molecule has 1 amide bonds. The van der Waals surface area contributed by atoms with E-state index in [0.29, 0.717) is 12.3 Å². The Bertz CT molecular complexity index is 589. The molecule has 0 saturated carbocycles. The van der Waals surface area contributed by atoms with Crippen LogP contribution in [0.3, 0.4) is 0 Å². The topological polar surface area (TPSA) is 68.5 Å². The van der Waals surface area contributed by atoms with Gasteiger partial charge < -0.3 is 14.5 Å². The number of hydrogen-bond acceptors (Lipinski definition) is 4. The maximum absolute atomic E-state index is 11.5. The predicted molar refractivity (Wildman–Crippen MR) is 72.0 cm³/mol. The van der Waals surface area contributed by atoms with Crippen molar-refractivity contribution in [1.29, 1.82) is 0 Å². The van der Waals surface area contributed by atoms with Gasteiger partial charge in [-0.15, -0.1) is 0 Å². The van der Waals surface area contributed by atoms with Crippen LogP contribution in [0.25, 0.3) is 0 Å². The third kappa shape index (κ3) is 3.98. The molecule has 1 aromatic carbocycles. The van der Waals surface area contributed by atoms with Gasteiger partial charge in [-0.3, -0.25) is 4.79 Å². The van der Waals surface area contributed by atoms with Crippen LogP contribution in [0.1, 0.15) is 21.9 Å². The molecular weight excluding hydrogens is 258 g/mol. The molecule has 0 fully saturated rings. The summed E-state index contributed by atoms with van der Waals surface area (Å²) in [5.74, 6) is -0.290. The number of ether oxygens (including phenoxy) is 1. The van der Waals surface area contributed by atoms with E-state index < -0.39 is 5.97 Å². The van der Waals surface area contributed by atoms with Gasteiger partial charge in [0.1, 0.15) is 5.76 Å². The van der Waals surface area contributed by atoms with Gasteiger partial charge in [-0.25, -0.2) is 4.79 Å². The van der Waals surface area contributed by atoms with E-state index in [1.807, 2.05) is 30.3 Å². The van der Waals surface area contributed by atoms with Crippen LogP contribution in [0, 0.1) is 6.92 Å². The summed E-state index contributed by atoms with van der Waals surface area (Å²) < 4.78 is 9.95. The Hall–Kier alpha value is -2.56. The Morgan fingerprint density at radius 1 is 1.15 bits per heavy atom. The smallest absolute Gasteiger partial charge is 0.374 e. The fourth-order valence-electron chi connectivity index (χ4n) is 1.59. The number of esters is 1. The third-order valence-electron chi connectivity index (χ3n) is 2.61. The van der Waals surface area contributed by atoms with Gasteiger partial charge in [-0.1, -0.05) is 30.3 Å². The number of rotatable bonds is 5. The summed E-state index contributed by atoms with van der Waals surface area (Å²) in [5, 5.41) is 2.66. The Morgan fingerprint density at radius 2 is 1.90 bits per heavy atom. The molecule has 104 valence electrons. The third-order valence-corrected chi connectivity index (χ3v) is 2.61. The number of aryl methyl sites for hydroxylation is 1. The van der Waals surface area contributed by atoms with E-state index in [1.54, 1.807) is 13.0 Å². The number of hydrogen-bond donors (Lipinski definition) is 1. The second kappa shape index (κ2) is 6.56. The molecule has 0 bridgehead atoms. The zero-order chi connectivity index (χ0) is 14.4. The van der Waals surface area contributed by atoms with Crippen LogP contribution in [0.15, 0.2) is 46.9 Å². The average Bonchev–Trinajstić information content (AvgIpc) is 2.90. The van der Waals surface area contributed by atoms with Crippen LogP contribution in [0.5, 0.6) is 0 Å². The van der Waals surface area contributed by atoms with E-state index in [-0.39, 0.29) is 18.3 Å².